The molecule has 0 amide bonds. The Morgan fingerprint density at radius 3 is 0.806 bits per heavy atom. The molecule has 0 unspecified atom stereocenters. The average Bonchev–Trinajstić information content (AvgIpc) is 0.812. The number of hydroxylamine groups is 8. The van der Waals surface area contributed by atoms with Gasteiger partial charge < -0.3 is 47.4 Å². The fourth-order valence-corrected chi connectivity index (χ4v) is 14.6. The van der Waals surface area contributed by atoms with Crippen LogP contribution in [-0.4, -0.2) is 191 Å². The van der Waals surface area contributed by atoms with E-state index in [1.165, 1.54) is 6.92 Å². The zero-order valence-electron chi connectivity index (χ0n) is 60.2. The Morgan fingerprint density at radius 2 is 0.548 bits per heavy atom. The lowest BCUT2D eigenvalue weighted by atomic mass is 9.78. The monoisotopic (exact) mass is 1320 g/mol. The number of nitrogens with zero attached hydrogens (tertiary/aromatic N) is 4. The van der Waals surface area contributed by atoms with Crippen molar-refractivity contribution in [2.24, 2.45) is 10.8 Å². The number of piperidine rings is 4. The van der Waals surface area contributed by atoms with Gasteiger partial charge in [-0.3, -0.25) is 28.8 Å². The molecule has 24 nitrogen and oxygen atoms in total. The van der Waals surface area contributed by atoms with Crippen molar-refractivity contribution >= 4 is 35.8 Å². The summed E-state index contributed by atoms with van der Waals surface area (Å²) in [5.74, 6) is -4.60. The summed E-state index contributed by atoms with van der Waals surface area (Å²) in [5, 5.41) is 56.0. The first-order valence-electron chi connectivity index (χ1n) is 34.4. The van der Waals surface area contributed by atoms with Crippen molar-refractivity contribution < 1.29 is 97.0 Å². The van der Waals surface area contributed by atoms with Gasteiger partial charge >= 0.3 is 35.8 Å². The van der Waals surface area contributed by atoms with Crippen LogP contribution in [0.4, 0.5) is 0 Å². The number of rotatable bonds is 38. The van der Waals surface area contributed by atoms with E-state index in [1.807, 2.05) is 118 Å². The summed E-state index contributed by atoms with van der Waals surface area (Å²) in [6.45, 7) is 34.1. The van der Waals surface area contributed by atoms with Gasteiger partial charge in [0.25, 0.3) is 0 Å². The Balaban J connectivity index is 1.30. The van der Waals surface area contributed by atoms with Crippen molar-refractivity contribution in [3.05, 3.63) is 0 Å². The van der Waals surface area contributed by atoms with E-state index in [1.54, 1.807) is 0 Å². The molecule has 4 fully saturated rings. The van der Waals surface area contributed by atoms with E-state index in [2.05, 4.69) is 0 Å². The summed E-state index contributed by atoms with van der Waals surface area (Å²) in [4.78, 5) is 82.2. The van der Waals surface area contributed by atoms with Crippen LogP contribution in [0, 0.1) is 10.8 Å². The third-order valence-electron chi connectivity index (χ3n) is 19.0. The first-order valence-corrected chi connectivity index (χ1v) is 34.4. The fraction of sp³-hybridized carbons (Fsp3) is 0.913. The maximum Gasteiger partial charge on any atom is 0.323 e. The van der Waals surface area contributed by atoms with Crippen molar-refractivity contribution in [2.75, 3.05) is 66.1 Å². The molecule has 4 aliphatic rings. The first kappa shape index (κ1) is 81.8. The molecule has 4 radical (unpaired) electrons. The number of esters is 6. The third kappa shape index (κ3) is 23.8. The number of hydrogen-bond acceptors (Lipinski definition) is 20. The standard InChI is InChI=1S/C69H120N4O20/c1-19-20-30-69(58(78)92-40-25-36-86-52-46-64(10,11)72(82)65(12,13)47-52,59(79)93-41-26-37-87-53-48-66(14,15)73(83)67(16,17)49-53)31-22-33-89-55(75)28-27-54(74)88-32-21-29-68(18,56(76)90-38-23-34-84-50-42-60(2,3)70(80)61(4,5)43-50)57(77)91-39-24-35-85-51-44-62(6,7)71(81)63(8,9)45-51/h50-53H,19-49H2,1-18H3. The van der Waals surface area contributed by atoms with Gasteiger partial charge in [0, 0.05) is 70.0 Å². The molecule has 0 saturated carbocycles. The molecule has 0 aliphatic carbocycles. The molecule has 0 aromatic carbocycles. The summed E-state index contributed by atoms with van der Waals surface area (Å²) in [7, 11) is 0. The molecule has 0 N–H and O–H groups in total. The van der Waals surface area contributed by atoms with Gasteiger partial charge in [0.1, 0.15) is 0 Å². The molecule has 0 aromatic rings. The summed E-state index contributed by atoms with van der Waals surface area (Å²) in [6, 6.07) is 0. The zero-order valence-corrected chi connectivity index (χ0v) is 60.2. The smallest absolute Gasteiger partial charge is 0.323 e. The molecule has 4 heterocycles. The summed E-state index contributed by atoms with van der Waals surface area (Å²) in [6.07, 6.45) is 5.50. The first-order chi connectivity index (χ1) is 43.0. The summed E-state index contributed by atoms with van der Waals surface area (Å²) < 4.78 is 58.6. The van der Waals surface area contributed by atoms with Crippen LogP contribution in [0.1, 0.15) is 259 Å². The lowest BCUT2D eigenvalue weighted by Crippen LogP contribution is -2.59. The van der Waals surface area contributed by atoms with Gasteiger partial charge in [-0.15, -0.1) is 41.1 Å². The van der Waals surface area contributed by atoms with Gasteiger partial charge in [0.2, 0.25) is 0 Å². The fourth-order valence-electron chi connectivity index (χ4n) is 14.6. The highest BCUT2D eigenvalue weighted by Gasteiger charge is 2.52. The largest absolute Gasteiger partial charge is 0.466 e. The predicted octanol–water partition coefficient (Wildman–Crippen LogP) is 10.9. The minimum atomic E-state index is -1.78. The van der Waals surface area contributed by atoms with Gasteiger partial charge in [-0.25, -0.2) is 0 Å². The Morgan fingerprint density at radius 1 is 0.323 bits per heavy atom. The molecule has 0 atom stereocenters. The van der Waals surface area contributed by atoms with Gasteiger partial charge in [0.15, 0.2) is 10.8 Å². The highest BCUT2D eigenvalue weighted by Crippen LogP contribution is 2.43. The summed E-state index contributed by atoms with van der Waals surface area (Å²) >= 11 is 0. The van der Waals surface area contributed by atoms with E-state index >= 15 is 0 Å². The molecule has 0 spiro atoms. The highest BCUT2D eigenvalue weighted by atomic mass is 16.6. The van der Waals surface area contributed by atoms with E-state index in [0.29, 0.717) is 89.9 Å². The molecule has 4 aliphatic heterocycles. The molecule has 24 heteroatoms. The van der Waals surface area contributed by atoms with Crippen LogP contribution >= 0.6 is 0 Å². The van der Waals surface area contributed by atoms with Crippen LogP contribution in [-0.2, 0) is 97.0 Å². The van der Waals surface area contributed by atoms with Crippen LogP contribution in [0.15, 0.2) is 0 Å². The van der Waals surface area contributed by atoms with Gasteiger partial charge in [-0.05, 0) is 201 Å². The van der Waals surface area contributed by atoms with Crippen molar-refractivity contribution in [1.29, 1.82) is 0 Å². The summed E-state index contributed by atoms with van der Waals surface area (Å²) in [5.41, 5.74) is -8.46. The maximum absolute atomic E-state index is 14.3. The molecule has 536 valence electrons. The number of hydrogen-bond donors (Lipinski definition) is 0. The van der Waals surface area contributed by atoms with Crippen LogP contribution in [0.2, 0.25) is 0 Å². The minimum Gasteiger partial charge on any atom is -0.466 e. The van der Waals surface area contributed by atoms with Crippen molar-refractivity contribution in [3.8, 4) is 0 Å². The van der Waals surface area contributed by atoms with Gasteiger partial charge in [-0.2, -0.15) is 0 Å². The van der Waals surface area contributed by atoms with E-state index < -0.39 is 91.0 Å². The molecule has 93 heavy (non-hydrogen) atoms. The Kier molecular flexibility index (Phi) is 30.5. The van der Waals surface area contributed by atoms with Crippen molar-refractivity contribution in [3.63, 3.8) is 0 Å². The SMILES string of the molecule is CCCCC(CCCOC(=O)CCC(=O)OCCCC(C)(C(=O)OCCCOC1CC(C)(C)N([O])C(C)(C)C1)C(=O)OCCCOC1CC(C)(C)N([O])C(C)(C)C1)(C(=O)OCCCOC1CC(C)(C)N([O])C(C)(C)C1)C(=O)OCCCOC1CC(C)(C)N([O])C(C)(C)C1. The molecule has 4 saturated heterocycles. The normalized spacial score (nSPS) is 22.0. The lowest BCUT2D eigenvalue weighted by molar-refractivity contribution is -0.301. The molecular weight excluding hydrogens is 1200 g/mol. The van der Waals surface area contributed by atoms with E-state index in [9.17, 15) is 49.6 Å². The number of ether oxygens (including phenoxy) is 10. The number of unbranched alkanes of at least 4 members (excludes halogenated alkanes) is 1. The minimum absolute atomic E-state index is 0.0409. The quantitative estimate of drug-likeness (QED) is 0.0240. The second-order valence-electron chi connectivity index (χ2n) is 31.9. The van der Waals surface area contributed by atoms with E-state index in [0.717, 1.165) is 20.3 Å². The average molecular weight is 1330 g/mol. The van der Waals surface area contributed by atoms with Crippen molar-refractivity contribution in [2.45, 2.75) is 328 Å². The second kappa shape index (κ2) is 34.7. The van der Waals surface area contributed by atoms with Crippen LogP contribution in [0.3, 0.4) is 0 Å². The maximum atomic E-state index is 14.3. The van der Waals surface area contributed by atoms with Gasteiger partial charge in [-0.1, -0.05) is 19.8 Å². The van der Waals surface area contributed by atoms with E-state index in [-0.39, 0.29) is 135 Å². The predicted molar refractivity (Wildman–Crippen MR) is 341 cm³/mol. The Labute approximate surface area is 556 Å². The Bertz CT molecular complexity index is 2190. The third-order valence-corrected chi connectivity index (χ3v) is 19.0. The molecule has 0 aromatic heterocycles. The molecule has 4 rings (SSSR count). The number of carbonyl (C=O) groups excluding carboxylic acids is 6. The molecular formula is C69H120N4O20. The lowest BCUT2D eigenvalue weighted by Gasteiger charge is -2.49. The highest BCUT2D eigenvalue weighted by molar-refractivity contribution is 6.00. The zero-order chi connectivity index (χ0) is 70.1. The Hall–Kier alpha value is -3.66. The van der Waals surface area contributed by atoms with Crippen LogP contribution < -0.4 is 0 Å². The van der Waals surface area contributed by atoms with E-state index in [4.69, 9.17) is 47.4 Å². The number of carbonyl (C=O) groups is 6. The second-order valence-corrected chi connectivity index (χ2v) is 31.9. The van der Waals surface area contributed by atoms with Crippen molar-refractivity contribution in [1.82, 2.24) is 20.3 Å². The van der Waals surface area contributed by atoms with Crippen LogP contribution in [0.5, 0.6) is 0 Å². The molecule has 0 bridgehead atoms. The van der Waals surface area contributed by atoms with Crippen LogP contribution in [0.25, 0.3) is 0 Å². The topological polar surface area (TPSA) is 287 Å². The van der Waals surface area contributed by atoms with Gasteiger partial charge in [0.05, 0.1) is 103 Å².